The van der Waals surface area contributed by atoms with Gasteiger partial charge in [0.05, 0.1) is 6.04 Å². The van der Waals surface area contributed by atoms with Gasteiger partial charge in [0.2, 0.25) is 0 Å². The highest BCUT2D eigenvalue weighted by molar-refractivity contribution is 5.38. The molecule has 2 N–H and O–H groups in total. The smallest absolute Gasteiger partial charge is 0.406 e. The van der Waals surface area contributed by atoms with Gasteiger partial charge in [-0.15, -0.1) is 13.2 Å². The summed E-state index contributed by atoms with van der Waals surface area (Å²) in [4.78, 5) is 0. The molecule has 0 aliphatic carbocycles. The van der Waals surface area contributed by atoms with Gasteiger partial charge in [0.15, 0.2) is 0 Å². The Morgan fingerprint density at radius 3 is 2.00 bits per heavy atom. The molecule has 0 heterocycles. The van der Waals surface area contributed by atoms with E-state index < -0.39 is 6.36 Å². The third-order valence-corrected chi connectivity index (χ3v) is 3.36. The minimum absolute atomic E-state index is 0.251. The highest BCUT2D eigenvalue weighted by atomic mass is 19.4. The van der Waals surface area contributed by atoms with Gasteiger partial charge in [-0.25, -0.2) is 0 Å². The number of hydrogen-bond acceptors (Lipinski definition) is 2. The van der Waals surface area contributed by atoms with Gasteiger partial charge in [-0.3, -0.25) is 0 Å². The van der Waals surface area contributed by atoms with Crippen molar-refractivity contribution in [2.75, 3.05) is 0 Å². The van der Waals surface area contributed by atoms with Gasteiger partial charge in [0.1, 0.15) is 5.75 Å². The van der Waals surface area contributed by atoms with E-state index in [2.05, 4.69) is 4.74 Å². The second-order valence-electron chi connectivity index (χ2n) is 4.94. The summed E-state index contributed by atoms with van der Waals surface area (Å²) in [6, 6.07) is 11.1. The van der Waals surface area contributed by atoms with Gasteiger partial charge in [-0.2, -0.15) is 0 Å². The van der Waals surface area contributed by atoms with Crippen LogP contribution in [0.2, 0.25) is 0 Å². The molecule has 2 aromatic rings. The van der Waals surface area contributed by atoms with Crippen LogP contribution in [0.1, 0.15) is 28.3 Å². The first-order valence-electron chi connectivity index (χ1n) is 6.45. The largest absolute Gasteiger partial charge is 0.573 e. The Hall–Kier alpha value is -2.01. The van der Waals surface area contributed by atoms with Crippen molar-refractivity contribution in [2.45, 2.75) is 26.3 Å². The average molecular weight is 295 g/mol. The van der Waals surface area contributed by atoms with Gasteiger partial charge >= 0.3 is 6.36 Å². The number of alkyl halides is 3. The Labute approximate surface area is 121 Å². The molecular weight excluding hydrogens is 279 g/mol. The number of ether oxygens (including phenoxy) is 1. The number of nitrogens with two attached hydrogens (primary N) is 1. The molecule has 0 bridgehead atoms. The van der Waals surface area contributed by atoms with E-state index in [1.165, 1.54) is 17.7 Å². The summed E-state index contributed by atoms with van der Waals surface area (Å²) in [7, 11) is 0. The number of aryl methyl sites for hydroxylation is 2. The number of hydrogen-bond donors (Lipinski definition) is 1. The van der Waals surface area contributed by atoms with Gasteiger partial charge in [-0.05, 0) is 48.2 Å². The molecule has 0 saturated heterocycles. The second kappa shape index (κ2) is 5.77. The molecule has 0 aliphatic heterocycles. The number of benzene rings is 2. The first kappa shape index (κ1) is 15.4. The fourth-order valence-corrected chi connectivity index (χ4v) is 2.03. The lowest BCUT2D eigenvalue weighted by atomic mass is 9.96. The second-order valence-corrected chi connectivity index (χ2v) is 4.94. The molecule has 0 radical (unpaired) electrons. The maximum absolute atomic E-state index is 12.1. The molecule has 0 aromatic heterocycles. The maximum atomic E-state index is 12.1. The molecule has 112 valence electrons. The van der Waals surface area contributed by atoms with Crippen LogP contribution in [0.25, 0.3) is 0 Å². The molecule has 5 heteroatoms. The monoisotopic (exact) mass is 295 g/mol. The van der Waals surface area contributed by atoms with Crippen molar-refractivity contribution in [3.8, 4) is 5.75 Å². The molecule has 1 atom stereocenters. The molecule has 0 unspecified atom stereocenters. The average Bonchev–Trinajstić information content (AvgIpc) is 2.40. The summed E-state index contributed by atoms with van der Waals surface area (Å²) in [6.45, 7) is 4.00. The van der Waals surface area contributed by atoms with E-state index in [9.17, 15) is 13.2 Å². The highest BCUT2D eigenvalue weighted by Crippen LogP contribution is 2.26. The minimum Gasteiger partial charge on any atom is -0.406 e. The minimum atomic E-state index is -4.68. The summed E-state index contributed by atoms with van der Waals surface area (Å²) >= 11 is 0. The first-order valence-corrected chi connectivity index (χ1v) is 6.45. The van der Waals surface area contributed by atoms with Crippen LogP contribution in [-0.4, -0.2) is 6.36 Å². The van der Waals surface area contributed by atoms with Crippen molar-refractivity contribution in [3.63, 3.8) is 0 Å². The van der Waals surface area contributed by atoms with Crippen LogP contribution in [-0.2, 0) is 0 Å². The van der Waals surface area contributed by atoms with Gasteiger partial charge in [0.25, 0.3) is 0 Å². The molecule has 0 spiro atoms. The third-order valence-electron chi connectivity index (χ3n) is 3.36. The van der Waals surface area contributed by atoms with Crippen LogP contribution < -0.4 is 10.5 Å². The first-order chi connectivity index (χ1) is 9.76. The molecule has 0 amide bonds. The molecule has 21 heavy (non-hydrogen) atoms. The van der Waals surface area contributed by atoms with Crippen LogP contribution in [0, 0.1) is 13.8 Å². The maximum Gasteiger partial charge on any atom is 0.573 e. The molecule has 2 aromatic carbocycles. The van der Waals surface area contributed by atoms with Crippen LogP contribution in [0.15, 0.2) is 42.5 Å². The fraction of sp³-hybridized carbons (Fsp3) is 0.250. The van der Waals surface area contributed by atoms with Crippen molar-refractivity contribution < 1.29 is 17.9 Å². The Kier molecular flexibility index (Phi) is 4.23. The van der Waals surface area contributed by atoms with Gasteiger partial charge in [-0.1, -0.05) is 30.3 Å². The van der Waals surface area contributed by atoms with Crippen molar-refractivity contribution in [1.29, 1.82) is 0 Å². The van der Waals surface area contributed by atoms with E-state index in [-0.39, 0.29) is 11.8 Å². The normalized spacial score (nSPS) is 13.0. The summed E-state index contributed by atoms with van der Waals surface area (Å²) in [5, 5.41) is 0. The molecular formula is C16H16F3NO. The van der Waals surface area contributed by atoms with Gasteiger partial charge in [0, 0.05) is 0 Å². The quantitative estimate of drug-likeness (QED) is 0.918. The molecule has 2 nitrogen and oxygen atoms in total. The standard InChI is InChI=1S/C16H16F3NO/c1-10-3-4-13(9-11(10)2)15(20)12-5-7-14(8-6-12)21-16(17,18)19/h3-9,15H,20H2,1-2H3/t15-/m0/s1. The van der Waals surface area contributed by atoms with Crippen molar-refractivity contribution in [2.24, 2.45) is 5.73 Å². The molecule has 0 saturated carbocycles. The van der Waals surface area contributed by atoms with Crippen LogP contribution in [0.3, 0.4) is 0 Å². The molecule has 0 aliphatic rings. The van der Waals surface area contributed by atoms with Crippen LogP contribution in [0.5, 0.6) is 5.75 Å². The van der Waals surface area contributed by atoms with E-state index in [1.807, 2.05) is 32.0 Å². The fourth-order valence-electron chi connectivity index (χ4n) is 2.03. The van der Waals surface area contributed by atoms with E-state index in [0.29, 0.717) is 0 Å². The number of halogens is 3. The lowest BCUT2D eigenvalue weighted by Gasteiger charge is -2.15. The Morgan fingerprint density at radius 1 is 0.905 bits per heavy atom. The van der Waals surface area contributed by atoms with Crippen LogP contribution >= 0.6 is 0 Å². The van der Waals surface area contributed by atoms with Crippen molar-refractivity contribution in [3.05, 3.63) is 64.7 Å². The Balaban J connectivity index is 2.19. The topological polar surface area (TPSA) is 35.2 Å². The summed E-state index contributed by atoms with van der Waals surface area (Å²) in [5.41, 5.74) is 10.1. The zero-order valence-corrected chi connectivity index (χ0v) is 11.7. The number of rotatable bonds is 3. The third kappa shape index (κ3) is 3.98. The summed E-state index contributed by atoms with van der Waals surface area (Å²) in [6.07, 6.45) is -4.68. The van der Waals surface area contributed by atoms with E-state index in [1.54, 1.807) is 12.1 Å². The predicted molar refractivity (Wildman–Crippen MR) is 75.1 cm³/mol. The zero-order valence-electron chi connectivity index (χ0n) is 11.7. The molecule has 2 rings (SSSR count). The molecule has 0 fully saturated rings. The van der Waals surface area contributed by atoms with E-state index in [4.69, 9.17) is 5.73 Å². The lowest BCUT2D eigenvalue weighted by molar-refractivity contribution is -0.274. The lowest BCUT2D eigenvalue weighted by Crippen LogP contribution is -2.17. The van der Waals surface area contributed by atoms with E-state index in [0.717, 1.165) is 16.7 Å². The van der Waals surface area contributed by atoms with Crippen LogP contribution in [0.4, 0.5) is 13.2 Å². The summed E-state index contributed by atoms with van der Waals surface area (Å²) < 4.78 is 40.1. The van der Waals surface area contributed by atoms with Gasteiger partial charge < -0.3 is 10.5 Å². The Morgan fingerprint density at radius 2 is 1.48 bits per heavy atom. The summed E-state index contributed by atoms with van der Waals surface area (Å²) in [5.74, 6) is -0.251. The van der Waals surface area contributed by atoms with Crippen molar-refractivity contribution >= 4 is 0 Å². The predicted octanol–water partition coefficient (Wildman–Crippen LogP) is 4.25. The SMILES string of the molecule is Cc1ccc([C@@H](N)c2ccc(OC(F)(F)F)cc2)cc1C. The highest BCUT2D eigenvalue weighted by Gasteiger charge is 2.31. The zero-order chi connectivity index (χ0) is 15.6. The Bertz CT molecular complexity index is 620. The van der Waals surface area contributed by atoms with E-state index >= 15 is 0 Å². The van der Waals surface area contributed by atoms with Crippen molar-refractivity contribution in [1.82, 2.24) is 0 Å².